The van der Waals surface area contributed by atoms with Crippen LogP contribution in [0.5, 0.6) is 5.75 Å². The lowest BCUT2D eigenvalue weighted by molar-refractivity contribution is 0.475. The Morgan fingerprint density at radius 2 is 2.38 bits per heavy atom. The third-order valence-corrected chi connectivity index (χ3v) is 0.975. The highest BCUT2D eigenvalue weighted by Crippen LogP contribution is 2.14. The highest BCUT2D eigenvalue weighted by molar-refractivity contribution is 5.53. The normalized spacial score (nSPS) is 9.00. The van der Waals surface area contributed by atoms with Gasteiger partial charge in [0.15, 0.2) is 0 Å². The van der Waals surface area contributed by atoms with Crippen molar-refractivity contribution in [3.8, 4) is 5.75 Å². The molecule has 0 aliphatic heterocycles. The molecule has 8 heavy (non-hydrogen) atoms. The summed E-state index contributed by atoms with van der Waals surface area (Å²) in [5.41, 5.74) is 0.741. The molecule has 1 heterocycles. The fourth-order valence-electron chi connectivity index (χ4n) is 0.531. The van der Waals surface area contributed by atoms with E-state index in [1.54, 1.807) is 12.3 Å². The number of rotatable bonds is 1. The first-order valence-electron chi connectivity index (χ1n) is 2.33. The van der Waals surface area contributed by atoms with Gasteiger partial charge in [0.25, 0.3) is 0 Å². The van der Waals surface area contributed by atoms with Crippen molar-refractivity contribution in [3.63, 3.8) is 0 Å². The van der Waals surface area contributed by atoms with E-state index in [4.69, 9.17) is 5.11 Å². The molecule has 0 saturated heterocycles. The molecule has 0 fully saturated rings. The minimum Gasteiger partial charge on any atom is -0.506 e. The number of aromatic amines is 1. The molecule has 2 nitrogen and oxygen atoms in total. The van der Waals surface area contributed by atoms with Crippen molar-refractivity contribution in [2.75, 3.05) is 0 Å². The molecular formula is C6H7NO. The van der Waals surface area contributed by atoms with Gasteiger partial charge in [0.2, 0.25) is 0 Å². The highest BCUT2D eigenvalue weighted by atomic mass is 16.3. The Labute approximate surface area is 47.5 Å². The van der Waals surface area contributed by atoms with Crippen LogP contribution in [0, 0.1) is 0 Å². The third kappa shape index (κ3) is 0.601. The summed E-state index contributed by atoms with van der Waals surface area (Å²) in [5.74, 6) is 0.250. The Balaban J connectivity index is 3.09. The van der Waals surface area contributed by atoms with Gasteiger partial charge in [-0.15, -0.1) is 0 Å². The van der Waals surface area contributed by atoms with Gasteiger partial charge in [-0.05, 0) is 0 Å². The van der Waals surface area contributed by atoms with Crippen LogP contribution < -0.4 is 0 Å². The summed E-state index contributed by atoms with van der Waals surface area (Å²) < 4.78 is 0. The molecule has 0 unspecified atom stereocenters. The molecule has 0 atom stereocenters. The zero-order chi connectivity index (χ0) is 5.98. The maximum atomic E-state index is 8.85. The van der Waals surface area contributed by atoms with Gasteiger partial charge < -0.3 is 10.1 Å². The molecule has 1 rings (SSSR count). The van der Waals surface area contributed by atoms with E-state index in [1.165, 1.54) is 6.20 Å². The molecule has 2 N–H and O–H groups in total. The van der Waals surface area contributed by atoms with Crippen molar-refractivity contribution >= 4 is 6.08 Å². The van der Waals surface area contributed by atoms with Crippen LogP contribution in [0.4, 0.5) is 0 Å². The summed E-state index contributed by atoms with van der Waals surface area (Å²) in [5, 5.41) is 8.85. The summed E-state index contributed by atoms with van der Waals surface area (Å²) in [6.45, 7) is 3.48. The number of hydrogen-bond acceptors (Lipinski definition) is 1. The lowest BCUT2D eigenvalue weighted by atomic mass is 10.3. The van der Waals surface area contributed by atoms with Gasteiger partial charge in [-0.2, -0.15) is 0 Å². The van der Waals surface area contributed by atoms with Gasteiger partial charge in [-0.25, -0.2) is 0 Å². The zero-order valence-corrected chi connectivity index (χ0v) is 4.39. The Hall–Kier alpha value is -1.18. The van der Waals surface area contributed by atoms with Crippen LogP contribution in [-0.4, -0.2) is 10.1 Å². The van der Waals surface area contributed by atoms with E-state index in [-0.39, 0.29) is 5.75 Å². The quantitative estimate of drug-likeness (QED) is 0.561. The largest absolute Gasteiger partial charge is 0.506 e. The van der Waals surface area contributed by atoms with Crippen LogP contribution >= 0.6 is 0 Å². The molecule has 0 saturated carbocycles. The molecule has 0 spiro atoms. The second kappa shape index (κ2) is 1.74. The van der Waals surface area contributed by atoms with Crippen molar-refractivity contribution in [3.05, 3.63) is 24.5 Å². The predicted molar refractivity (Wildman–Crippen MR) is 32.5 cm³/mol. The smallest absolute Gasteiger partial charge is 0.140 e. The second-order valence-corrected chi connectivity index (χ2v) is 1.50. The molecule has 42 valence electrons. The molecule has 0 aromatic carbocycles. The van der Waals surface area contributed by atoms with Crippen LogP contribution in [0.25, 0.3) is 6.08 Å². The van der Waals surface area contributed by atoms with E-state index in [1.807, 2.05) is 0 Å². The monoisotopic (exact) mass is 109 g/mol. The first kappa shape index (κ1) is 4.97. The predicted octanol–water partition coefficient (Wildman–Crippen LogP) is 1.36. The summed E-state index contributed by atoms with van der Waals surface area (Å²) in [6, 6.07) is 0. The lowest BCUT2D eigenvalue weighted by Crippen LogP contribution is -1.58. The van der Waals surface area contributed by atoms with E-state index < -0.39 is 0 Å². The Morgan fingerprint density at radius 1 is 1.62 bits per heavy atom. The first-order valence-corrected chi connectivity index (χ1v) is 2.33. The van der Waals surface area contributed by atoms with Gasteiger partial charge >= 0.3 is 0 Å². The van der Waals surface area contributed by atoms with E-state index in [9.17, 15) is 0 Å². The molecule has 0 radical (unpaired) electrons. The SMILES string of the molecule is C=Cc1c[nH]cc1O. The first-order chi connectivity index (χ1) is 3.84. The van der Waals surface area contributed by atoms with Crippen LogP contribution in [0.15, 0.2) is 19.0 Å². The van der Waals surface area contributed by atoms with E-state index in [2.05, 4.69) is 11.6 Å². The number of hydrogen-bond donors (Lipinski definition) is 2. The molecule has 0 bridgehead atoms. The topological polar surface area (TPSA) is 36.0 Å². The van der Waals surface area contributed by atoms with Crippen molar-refractivity contribution in [1.82, 2.24) is 4.98 Å². The molecule has 1 aromatic rings. The third-order valence-electron chi connectivity index (χ3n) is 0.975. The Kier molecular flexibility index (Phi) is 1.08. The van der Waals surface area contributed by atoms with Crippen molar-refractivity contribution < 1.29 is 5.11 Å². The maximum Gasteiger partial charge on any atom is 0.140 e. The van der Waals surface area contributed by atoms with Gasteiger partial charge in [-0.1, -0.05) is 12.7 Å². The average molecular weight is 109 g/mol. The number of nitrogens with one attached hydrogen (secondary N) is 1. The Bertz CT molecular complexity index is 190. The van der Waals surface area contributed by atoms with Crippen molar-refractivity contribution in [2.45, 2.75) is 0 Å². The minimum absolute atomic E-state index is 0.250. The van der Waals surface area contributed by atoms with E-state index in [0.29, 0.717) is 0 Å². The summed E-state index contributed by atoms with van der Waals surface area (Å²) >= 11 is 0. The zero-order valence-electron chi connectivity index (χ0n) is 4.39. The minimum atomic E-state index is 0.250. The van der Waals surface area contributed by atoms with Gasteiger partial charge in [0, 0.05) is 18.0 Å². The van der Waals surface area contributed by atoms with Crippen molar-refractivity contribution in [2.24, 2.45) is 0 Å². The molecule has 2 heteroatoms. The standard InChI is InChI=1S/C6H7NO/c1-2-5-3-7-4-6(5)8/h2-4,7-8H,1H2. The molecular weight excluding hydrogens is 102 g/mol. The summed E-state index contributed by atoms with van der Waals surface area (Å²) in [6.07, 6.45) is 4.78. The summed E-state index contributed by atoms with van der Waals surface area (Å²) in [7, 11) is 0. The van der Waals surface area contributed by atoms with E-state index >= 15 is 0 Å². The molecule has 1 aromatic heterocycles. The van der Waals surface area contributed by atoms with Crippen LogP contribution in [0.2, 0.25) is 0 Å². The molecule has 0 aliphatic rings. The Morgan fingerprint density at radius 3 is 2.62 bits per heavy atom. The highest BCUT2D eigenvalue weighted by Gasteiger charge is 1.92. The van der Waals surface area contributed by atoms with Gasteiger partial charge in [0.05, 0.1) is 0 Å². The van der Waals surface area contributed by atoms with Gasteiger partial charge in [0.1, 0.15) is 5.75 Å². The fourth-order valence-corrected chi connectivity index (χ4v) is 0.531. The maximum absolute atomic E-state index is 8.85. The summed E-state index contributed by atoms with van der Waals surface area (Å²) in [4.78, 5) is 2.73. The number of aromatic hydroxyl groups is 1. The second-order valence-electron chi connectivity index (χ2n) is 1.50. The van der Waals surface area contributed by atoms with E-state index in [0.717, 1.165) is 5.56 Å². The average Bonchev–Trinajstić information content (AvgIpc) is 2.14. The number of aromatic nitrogens is 1. The van der Waals surface area contributed by atoms with Crippen LogP contribution in [-0.2, 0) is 0 Å². The number of H-pyrrole nitrogens is 1. The van der Waals surface area contributed by atoms with Crippen molar-refractivity contribution in [1.29, 1.82) is 0 Å². The van der Waals surface area contributed by atoms with Crippen LogP contribution in [0.3, 0.4) is 0 Å². The molecule has 0 amide bonds. The fraction of sp³-hybridized carbons (Fsp3) is 0. The molecule has 0 aliphatic carbocycles. The lowest BCUT2D eigenvalue weighted by Gasteiger charge is -1.81. The van der Waals surface area contributed by atoms with Gasteiger partial charge in [-0.3, -0.25) is 0 Å². The van der Waals surface area contributed by atoms with Crippen LogP contribution in [0.1, 0.15) is 5.56 Å².